The summed E-state index contributed by atoms with van der Waals surface area (Å²) in [5, 5.41) is 10.3. The van der Waals surface area contributed by atoms with E-state index in [0.29, 0.717) is 28.1 Å². The van der Waals surface area contributed by atoms with Gasteiger partial charge in [-0.15, -0.1) is 10.2 Å². The highest BCUT2D eigenvalue weighted by atomic mass is 32.2. The Balaban J connectivity index is 1.54. The Labute approximate surface area is 192 Å². The van der Waals surface area contributed by atoms with E-state index in [1.165, 1.54) is 30.0 Å². The Bertz CT molecular complexity index is 1480. The van der Waals surface area contributed by atoms with Crippen LogP contribution in [-0.2, 0) is 5.75 Å². The van der Waals surface area contributed by atoms with E-state index in [9.17, 15) is 9.18 Å². The van der Waals surface area contributed by atoms with Crippen LogP contribution in [0, 0.1) is 5.82 Å². The second kappa shape index (κ2) is 8.91. The van der Waals surface area contributed by atoms with Crippen LogP contribution in [0.3, 0.4) is 0 Å². The lowest BCUT2D eigenvalue weighted by atomic mass is 10.1. The van der Waals surface area contributed by atoms with Crippen molar-refractivity contribution < 1.29 is 13.5 Å². The van der Waals surface area contributed by atoms with E-state index < -0.39 is 5.63 Å². The molecule has 0 aliphatic rings. The van der Waals surface area contributed by atoms with Crippen molar-refractivity contribution in [2.24, 2.45) is 0 Å². The fraction of sp³-hybridized carbons (Fsp3) is 0.0800. The molecule has 0 atom stereocenters. The van der Waals surface area contributed by atoms with Crippen molar-refractivity contribution in [1.82, 2.24) is 14.8 Å². The summed E-state index contributed by atoms with van der Waals surface area (Å²) in [6, 6.07) is 22.8. The van der Waals surface area contributed by atoms with Gasteiger partial charge < -0.3 is 9.15 Å². The topological polar surface area (TPSA) is 70.2 Å². The van der Waals surface area contributed by atoms with Crippen molar-refractivity contribution in [2.45, 2.75) is 10.9 Å². The molecule has 0 spiro atoms. The monoisotopic (exact) mass is 459 g/mol. The standard InChI is InChI=1S/C25H18FN3O3S/c1-31-20-11-12-21-17(13-23(30)32-22(21)14-20)15-33-25-28-27-24(16-7-9-18(26)10-8-16)29(25)19-5-3-2-4-6-19/h2-14H,15H2,1H3. The van der Waals surface area contributed by atoms with Crippen LogP contribution in [0.1, 0.15) is 5.56 Å². The highest BCUT2D eigenvalue weighted by Crippen LogP contribution is 2.32. The number of halogens is 1. The first-order valence-electron chi connectivity index (χ1n) is 10.1. The van der Waals surface area contributed by atoms with Crippen molar-refractivity contribution in [1.29, 1.82) is 0 Å². The molecule has 5 aromatic rings. The number of nitrogens with zero attached hydrogens (tertiary/aromatic N) is 3. The summed E-state index contributed by atoms with van der Waals surface area (Å²) in [6.45, 7) is 0. The first-order chi connectivity index (χ1) is 16.1. The molecule has 0 radical (unpaired) electrons. The number of rotatable bonds is 6. The van der Waals surface area contributed by atoms with E-state index in [4.69, 9.17) is 9.15 Å². The summed E-state index contributed by atoms with van der Waals surface area (Å²) in [4.78, 5) is 12.1. The van der Waals surface area contributed by atoms with Crippen LogP contribution in [0.25, 0.3) is 28.0 Å². The van der Waals surface area contributed by atoms with Gasteiger partial charge in [0.1, 0.15) is 17.1 Å². The molecule has 0 fully saturated rings. The van der Waals surface area contributed by atoms with Crippen molar-refractivity contribution in [3.63, 3.8) is 0 Å². The van der Waals surface area contributed by atoms with Gasteiger partial charge in [0.05, 0.1) is 7.11 Å². The van der Waals surface area contributed by atoms with E-state index in [-0.39, 0.29) is 5.82 Å². The van der Waals surface area contributed by atoms with Gasteiger partial charge >= 0.3 is 5.63 Å². The Morgan fingerprint density at radius 1 is 1.00 bits per heavy atom. The van der Waals surface area contributed by atoms with Crippen molar-refractivity contribution >= 4 is 22.7 Å². The van der Waals surface area contributed by atoms with E-state index in [0.717, 1.165) is 22.2 Å². The number of para-hydroxylation sites is 1. The van der Waals surface area contributed by atoms with Gasteiger partial charge in [0.25, 0.3) is 0 Å². The van der Waals surface area contributed by atoms with Crippen LogP contribution >= 0.6 is 11.8 Å². The number of methoxy groups -OCH3 is 1. The fourth-order valence-corrected chi connectivity index (χ4v) is 4.50. The summed E-state index contributed by atoms with van der Waals surface area (Å²) < 4.78 is 26.0. The van der Waals surface area contributed by atoms with E-state index in [2.05, 4.69) is 10.2 Å². The molecule has 0 N–H and O–H groups in total. The van der Waals surface area contributed by atoms with Gasteiger partial charge in [0.2, 0.25) is 0 Å². The summed E-state index contributed by atoms with van der Waals surface area (Å²) in [6.07, 6.45) is 0. The molecular weight excluding hydrogens is 441 g/mol. The average molecular weight is 460 g/mol. The lowest BCUT2D eigenvalue weighted by Crippen LogP contribution is -2.02. The first kappa shape index (κ1) is 21.0. The maximum absolute atomic E-state index is 13.5. The third kappa shape index (κ3) is 4.25. The molecule has 33 heavy (non-hydrogen) atoms. The zero-order valence-electron chi connectivity index (χ0n) is 17.6. The minimum Gasteiger partial charge on any atom is -0.497 e. The van der Waals surface area contributed by atoms with E-state index in [1.807, 2.05) is 47.0 Å². The molecule has 0 amide bonds. The third-order valence-electron chi connectivity index (χ3n) is 5.14. The molecule has 0 saturated carbocycles. The fourth-order valence-electron chi connectivity index (χ4n) is 3.56. The molecule has 0 saturated heterocycles. The molecule has 2 aromatic heterocycles. The lowest BCUT2D eigenvalue weighted by molar-refractivity contribution is 0.414. The summed E-state index contributed by atoms with van der Waals surface area (Å²) in [5.41, 5.74) is 2.49. The molecular formula is C25H18FN3O3S. The van der Waals surface area contributed by atoms with Crippen LogP contribution in [0.4, 0.5) is 4.39 Å². The maximum atomic E-state index is 13.5. The Morgan fingerprint density at radius 3 is 2.55 bits per heavy atom. The number of benzene rings is 3. The molecule has 5 rings (SSSR count). The van der Waals surface area contributed by atoms with Crippen molar-refractivity contribution in [3.05, 3.63) is 101 Å². The largest absolute Gasteiger partial charge is 0.497 e. The van der Waals surface area contributed by atoms with Gasteiger partial charge in [0.15, 0.2) is 11.0 Å². The van der Waals surface area contributed by atoms with Crippen LogP contribution in [0.5, 0.6) is 5.75 Å². The zero-order valence-corrected chi connectivity index (χ0v) is 18.4. The number of fused-ring (bicyclic) bond motifs is 1. The van der Waals surface area contributed by atoms with Crippen LogP contribution in [-0.4, -0.2) is 21.9 Å². The van der Waals surface area contributed by atoms with Crippen LogP contribution in [0.2, 0.25) is 0 Å². The first-order valence-corrected chi connectivity index (χ1v) is 11.1. The molecule has 8 heteroatoms. The number of aromatic nitrogens is 3. The quantitative estimate of drug-likeness (QED) is 0.247. The highest BCUT2D eigenvalue weighted by Gasteiger charge is 2.17. The SMILES string of the molecule is COc1ccc2c(CSc3nnc(-c4ccc(F)cc4)n3-c3ccccc3)cc(=O)oc2c1. The molecule has 0 aliphatic heterocycles. The third-order valence-corrected chi connectivity index (χ3v) is 6.12. The van der Waals surface area contributed by atoms with Gasteiger partial charge in [-0.3, -0.25) is 4.57 Å². The van der Waals surface area contributed by atoms with E-state index >= 15 is 0 Å². The van der Waals surface area contributed by atoms with Crippen molar-refractivity contribution in [3.8, 4) is 22.8 Å². The Morgan fingerprint density at radius 2 is 1.79 bits per heavy atom. The smallest absolute Gasteiger partial charge is 0.336 e. The molecule has 3 aromatic carbocycles. The summed E-state index contributed by atoms with van der Waals surface area (Å²) in [5.74, 6) is 1.38. The Kier molecular flexibility index (Phi) is 5.66. The summed E-state index contributed by atoms with van der Waals surface area (Å²) in [7, 11) is 1.56. The van der Waals surface area contributed by atoms with Gasteiger partial charge in [-0.1, -0.05) is 30.0 Å². The molecule has 164 valence electrons. The molecule has 2 heterocycles. The normalized spacial score (nSPS) is 11.1. The predicted octanol–water partition coefficient (Wildman–Crippen LogP) is 5.48. The van der Waals surface area contributed by atoms with Gasteiger partial charge in [-0.2, -0.15) is 0 Å². The Hall–Kier alpha value is -3.91. The van der Waals surface area contributed by atoms with E-state index in [1.54, 1.807) is 25.3 Å². The molecule has 0 unspecified atom stereocenters. The minimum absolute atomic E-state index is 0.314. The van der Waals surface area contributed by atoms with Crippen LogP contribution in [0.15, 0.2) is 93.2 Å². The second-order valence-corrected chi connectivity index (χ2v) is 8.17. The van der Waals surface area contributed by atoms with Gasteiger partial charge in [0, 0.05) is 34.5 Å². The highest BCUT2D eigenvalue weighted by molar-refractivity contribution is 7.98. The zero-order chi connectivity index (χ0) is 22.8. The maximum Gasteiger partial charge on any atom is 0.336 e. The number of hydrogen-bond donors (Lipinski definition) is 0. The lowest BCUT2D eigenvalue weighted by Gasteiger charge is -2.11. The van der Waals surface area contributed by atoms with Gasteiger partial charge in [-0.25, -0.2) is 9.18 Å². The molecule has 0 bridgehead atoms. The second-order valence-electron chi connectivity index (χ2n) is 7.23. The minimum atomic E-state index is -0.428. The number of thioether (sulfide) groups is 1. The van der Waals surface area contributed by atoms with Crippen LogP contribution < -0.4 is 10.4 Å². The number of hydrogen-bond acceptors (Lipinski definition) is 6. The molecule has 0 aliphatic carbocycles. The van der Waals surface area contributed by atoms with Gasteiger partial charge in [-0.05, 0) is 54.1 Å². The average Bonchev–Trinajstić information content (AvgIpc) is 3.27. The number of ether oxygens (including phenoxy) is 1. The molecule has 6 nitrogen and oxygen atoms in total. The van der Waals surface area contributed by atoms with Crippen molar-refractivity contribution in [2.75, 3.05) is 7.11 Å². The summed E-state index contributed by atoms with van der Waals surface area (Å²) >= 11 is 1.45. The predicted molar refractivity (Wildman–Crippen MR) is 125 cm³/mol.